The van der Waals surface area contributed by atoms with Crippen LogP contribution >= 0.6 is 0 Å². The van der Waals surface area contributed by atoms with Crippen molar-refractivity contribution in [2.75, 3.05) is 0 Å². The molecule has 78 valence electrons. The molecule has 2 aromatic rings. The molecule has 0 saturated carbocycles. The number of carbonyl (C=O) groups is 1. The van der Waals surface area contributed by atoms with Crippen LogP contribution in [0.1, 0.15) is 18.1 Å². The monoisotopic (exact) mass is 201 g/mol. The van der Waals surface area contributed by atoms with Crippen LogP contribution in [-0.4, -0.2) is 10.4 Å². The summed E-state index contributed by atoms with van der Waals surface area (Å²) >= 11 is 0. The predicted octanol–water partition coefficient (Wildman–Crippen LogP) is 2.62. The van der Waals surface area contributed by atoms with Crippen molar-refractivity contribution in [1.82, 2.24) is 4.57 Å². The molecular formula is C13H15NO. The van der Waals surface area contributed by atoms with E-state index in [4.69, 9.17) is 0 Å². The third-order valence-corrected chi connectivity index (χ3v) is 2.67. The number of Topliss-reactive ketones (excluding diaryl/α,β-unsaturated/α-hetero) is 1. The van der Waals surface area contributed by atoms with Crippen LogP contribution in [0.25, 0.3) is 10.9 Å². The Hall–Kier alpha value is -1.57. The first-order valence-electron chi connectivity index (χ1n) is 5.12. The topological polar surface area (TPSA) is 22.0 Å². The van der Waals surface area contributed by atoms with Crippen LogP contribution in [0.5, 0.6) is 0 Å². The van der Waals surface area contributed by atoms with Crippen LogP contribution in [0, 0.1) is 6.92 Å². The Bertz CT molecular complexity index is 523. The molecule has 1 heterocycles. The van der Waals surface area contributed by atoms with Crippen LogP contribution in [0.3, 0.4) is 0 Å². The van der Waals surface area contributed by atoms with Crippen LogP contribution in [-0.2, 0) is 18.3 Å². The average molecular weight is 201 g/mol. The lowest BCUT2D eigenvalue weighted by Crippen LogP contribution is -1.97. The maximum absolute atomic E-state index is 11.1. The zero-order chi connectivity index (χ0) is 11.0. The number of nitrogens with zero attached hydrogens (tertiary/aromatic N) is 1. The number of ketones is 1. The summed E-state index contributed by atoms with van der Waals surface area (Å²) in [5, 5.41) is 1.22. The second kappa shape index (κ2) is 3.54. The van der Waals surface area contributed by atoms with E-state index in [9.17, 15) is 4.79 Å². The van der Waals surface area contributed by atoms with E-state index in [1.807, 2.05) is 7.05 Å². The molecule has 0 amide bonds. The minimum Gasteiger partial charge on any atom is -0.350 e. The molecule has 0 aliphatic heterocycles. The highest BCUT2D eigenvalue weighted by atomic mass is 16.1. The van der Waals surface area contributed by atoms with Gasteiger partial charge in [-0.25, -0.2) is 0 Å². The van der Waals surface area contributed by atoms with Gasteiger partial charge in [-0.05, 0) is 37.1 Å². The van der Waals surface area contributed by atoms with E-state index < -0.39 is 0 Å². The van der Waals surface area contributed by atoms with E-state index in [1.54, 1.807) is 6.92 Å². The number of aromatic nitrogens is 1. The Kier molecular flexibility index (Phi) is 2.35. The van der Waals surface area contributed by atoms with E-state index in [2.05, 4.69) is 35.9 Å². The highest BCUT2D eigenvalue weighted by Crippen LogP contribution is 2.21. The smallest absolute Gasteiger partial charge is 0.134 e. The Morgan fingerprint density at radius 3 is 2.80 bits per heavy atom. The second-order valence-corrected chi connectivity index (χ2v) is 4.16. The van der Waals surface area contributed by atoms with Gasteiger partial charge in [0.25, 0.3) is 0 Å². The van der Waals surface area contributed by atoms with Gasteiger partial charge in [-0.2, -0.15) is 0 Å². The van der Waals surface area contributed by atoms with Gasteiger partial charge in [-0.1, -0.05) is 6.07 Å². The van der Waals surface area contributed by atoms with E-state index in [0.717, 1.165) is 5.56 Å². The molecular weight excluding hydrogens is 186 g/mol. The molecule has 0 N–H and O–H groups in total. The molecule has 0 spiro atoms. The molecule has 1 aromatic heterocycles. The van der Waals surface area contributed by atoms with Crippen LogP contribution < -0.4 is 0 Å². The van der Waals surface area contributed by atoms with E-state index in [0.29, 0.717) is 6.42 Å². The molecule has 0 aliphatic carbocycles. The molecule has 0 aliphatic rings. The number of hydrogen-bond acceptors (Lipinski definition) is 1. The molecule has 0 saturated heterocycles. The summed E-state index contributed by atoms with van der Waals surface area (Å²) < 4.78 is 2.11. The number of benzene rings is 1. The van der Waals surface area contributed by atoms with Crippen molar-refractivity contribution in [2.45, 2.75) is 20.3 Å². The lowest BCUT2D eigenvalue weighted by molar-refractivity contribution is -0.116. The van der Waals surface area contributed by atoms with Crippen molar-refractivity contribution in [1.29, 1.82) is 0 Å². The Morgan fingerprint density at radius 1 is 1.40 bits per heavy atom. The van der Waals surface area contributed by atoms with E-state index >= 15 is 0 Å². The highest BCUT2D eigenvalue weighted by molar-refractivity contribution is 5.86. The Morgan fingerprint density at radius 2 is 2.13 bits per heavy atom. The summed E-state index contributed by atoms with van der Waals surface area (Å²) in [6.45, 7) is 3.72. The molecule has 1 aromatic carbocycles. The lowest BCUT2D eigenvalue weighted by atomic mass is 10.0. The summed E-state index contributed by atoms with van der Waals surface area (Å²) in [7, 11) is 2.04. The van der Waals surface area contributed by atoms with Gasteiger partial charge in [-0.3, -0.25) is 4.79 Å². The predicted molar refractivity (Wildman–Crippen MR) is 62.0 cm³/mol. The summed E-state index contributed by atoms with van der Waals surface area (Å²) in [5.41, 5.74) is 3.59. The Balaban J connectivity index is 2.58. The largest absolute Gasteiger partial charge is 0.350 e. The number of carbonyl (C=O) groups excluding carboxylic acids is 1. The zero-order valence-electron chi connectivity index (χ0n) is 9.37. The molecule has 0 unspecified atom stereocenters. The average Bonchev–Trinajstić information content (AvgIpc) is 2.46. The quantitative estimate of drug-likeness (QED) is 0.732. The van der Waals surface area contributed by atoms with Gasteiger partial charge in [0.15, 0.2) is 0 Å². The molecule has 0 fully saturated rings. The summed E-state index contributed by atoms with van der Waals surface area (Å²) in [6.07, 6.45) is 2.58. The number of rotatable bonds is 2. The maximum Gasteiger partial charge on any atom is 0.134 e. The van der Waals surface area contributed by atoms with Crippen molar-refractivity contribution in [3.05, 3.63) is 35.5 Å². The molecule has 0 bridgehead atoms. The summed E-state index contributed by atoms with van der Waals surface area (Å²) in [5.74, 6) is 0.213. The van der Waals surface area contributed by atoms with Crippen molar-refractivity contribution < 1.29 is 4.79 Å². The number of aryl methyl sites for hydroxylation is 2. The number of hydrogen-bond donors (Lipinski definition) is 0. The van der Waals surface area contributed by atoms with Gasteiger partial charge in [0.05, 0.1) is 5.52 Å². The van der Waals surface area contributed by atoms with Crippen LogP contribution in [0.4, 0.5) is 0 Å². The van der Waals surface area contributed by atoms with Crippen molar-refractivity contribution in [2.24, 2.45) is 7.05 Å². The van der Waals surface area contributed by atoms with Gasteiger partial charge in [0, 0.05) is 25.1 Å². The van der Waals surface area contributed by atoms with Crippen LogP contribution in [0.2, 0.25) is 0 Å². The van der Waals surface area contributed by atoms with Crippen molar-refractivity contribution >= 4 is 16.7 Å². The SMILES string of the molecule is CC(=O)Cc1cc(C)c2c(ccn2C)c1. The fourth-order valence-corrected chi connectivity index (χ4v) is 2.15. The standard InChI is InChI=1S/C13H15NO/c1-9-6-11(7-10(2)15)8-12-4-5-14(3)13(9)12/h4-6,8H,7H2,1-3H3. The van der Waals surface area contributed by atoms with Crippen molar-refractivity contribution in [3.63, 3.8) is 0 Å². The fourth-order valence-electron chi connectivity index (χ4n) is 2.15. The van der Waals surface area contributed by atoms with Crippen LogP contribution in [0.15, 0.2) is 24.4 Å². The normalized spacial score (nSPS) is 10.9. The molecule has 2 rings (SSSR count). The molecule has 2 heteroatoms. The first-order valence-corrected chi connectivity index (χ1v) is 5.12. The lowest BCUT2D eigenvalue weighted by Gasteiger charge is -2.04. The maximum atomic E-state index is 11.1. The third-order valence-electron chi connectivity index (χ3n) is 2.67. The van der Waals surface area contributed by atoms with Gasteiger partial charge < -0.3 is 4.57 Å². The van der Waals surface area contributed by atoms with Gasteiger partial charge in [-0.15, -0.1) is 0 Å². The number of fused-ring (bicyclic) bond motifs is 1. The minimum absolute atomic E-state index is 0.213. The van der Waals surface area contributed by atoms with Crippen molar-refractivity contribution in [3.8, 4) is 0 Å². The second-order valence-electron chi connectivity index (χ2n) is 4.16. The zero-order valence-corrected chi connectivity index (χ0v) is 9.37. The first kappa shape index (κ1) is 9.97. The van der Waals surface area contributed by atoms with E-state index in [1.165, 1.54) is 16.5 Å². The Labute approximate surface area is 89.5 Å². The van der Waals surface area contributed by atoms with E-state index in [-0.39, 0.29) is 5.78 Å². The minimum atomic E-state index is 0.213. The first-order chi connectivity index (χ1) is 7.08. The molecule has 0 radical (unpaired) electrons. The van der Waals surface area contributed by atoms with Gasteiger partial charge >= 0.3 is 0 Å². The summed E-state index contributed by atoms with van der Waals surface area (Å²) in [4.78, 5) is 11.1. The molecule has 2 nitrogen and oxygen atoms in total. The van der Waals surface area contributed by atoms with Gasteiger partial charge in [0.1, 0.15) is 5.78 Å². The van der Waals surface area contributed by atoms with Gasteiger partial charge in [0.2, 0.25) is 0 Å². The third kappa shape index (κ3) is 1.80. The summed E-state index contributed by atoms with van der Waals surface area (Å²) in [6, 6.07) is 6.29. The highest BCUT2D eigenvalue weighted by Gasteiger charge is 2.05. The fraction of sp³-hybridized carbons (Fsp3) is 0.308. The molecule has 15 heavy (non-hydrogen) atoms. The molecule has 0 atom stereocenters.